The fraction of sp³-hybridized carbons (Fsp3) is 0. The van der Waals surface area contributed by atoms with E-state index in [1.165, 1.54) is 42.4 Å². The molecule has 0 saturated carbocycles. The normalized spacial score (nSPS) is 11.1. The number of thiophene rings is 1. The van der Waals surface area contributed by atoms with Crippen molar-refractivity contribution in [2.75, 3.05) is 10.2 Å². The maximum atomic E-state index is 3.73. The number of fused-ring (bicyclic) bond motifs is 3. The maximum absolute atomic E-state index is 3.73. The zero-order chi connectivity index (χ0) is 30.0. The molecule has 8 aromatic rings. The highest BCUT2D eigenvalue weighted by Gasteiger charge is 2.15. The van der Waals surface area contributed by atoms with Crippen LogP contribution in [0.2, 0.25) is 0 Å². The van der Waals surface area contributed by atoms with E-state index in [1.54, 1.807) is 0 Å². The van der Waals surface area contributed by atoms with Crippen LogP contribution in [0.3, 0.4) is 0 Å². The van der Waals surface area contributed by atoms with E-state index >= 15 is 0 Å². The Bertz CT molecular complexity index is 2130. The van der Waals surface area contributed by atoms with Gasteiger partial charge in [0.2, 0.25) is 0 Å². The van der Waals surface area contributed by atoms with Crippen LogP contribution < -0.4 is 10.2 Å². The zero-order valence-corrected chi connectivity index (χ0v) is 25.4. The highest BCUT2D eigenvalue weighted by Crippen LogP contribution is 2.41. The Morgan fingerprint density at radius 3 is 1.49 bits per heavy atom. The number of benzene rings is 7. The largest absolute Gasteiger partial charge is 0.355 e. The summed E-state index contributed by atoms with van der Waals surface area (Å²) in [5, 5.41) is 6.27. The first-order valence-electron chi connectivity index (χ1n) is 15.2. The summed E-state index contributed by atoms with van der Waals surface area (Å²) in [7, 11) is 0. The molecule has 1 aromatic heterocycles. The summed E-state index contributed by atoms with van der Waals surface area (Å²) in [6.07, 6.45) is 0. The quantitative estimate of drug-likeness (QED) is 0.197. The van der Waals surface area contributed by atoms with Gasteiger partial charge < -0.3 is 10.2 Å². The van der Waals surface area contributed by atoms with Crippen LogP contribution in [0, 0.1) is 0 Å². The molecule has 45 heavy (non-hydrogen) atoms. The smallest absolute Gasteiger partial charge is 0.0468 e. The molecule has 0 aliphatic carbocycles. The summed E-state index contributed by atoms with van der Waals surface area (Å²) in [5.41, 5.74) is 10.4. The number of rotatable bonds is 7. The number of nitrogens with zero attached hydrogens (tertiary/aromatic N) is 1. The summed E-state index contributed by atoms with van der Waals surface area (Å²) in [6.45, 7) is 0. The molecule has 7 aromatic carbocycles. The Kier molecular flexibility index (Phi) is 7.07. The van der Waals surface area contributed by atoms with E-state index in [1.807, 2.05) is 11.3 Å². The molecular formula is C42H30N2S. The van der Waals surface area contributed by atoms with Crippen LogP contribution in [-0.2, 0) is 0 Å². The topological polar surface area (TPSA) is 15.3 Å². The molecule has 3 heteroatoms. The van der Waals surface area contributed by atoms with Crippen molar-refractivity contribution in [2.24, 2.45) is 0 Å². The number of hydrogen-bond donors (Lipinski definition) is 1. The second-order valence-corrected chi connectivity index (χ2v) is 12.2. The van der Waals surface area contributed by atoms with Gasteiger partial charge in [0.25, 0.3) is 0 Å². The molecule has 214 valence electrons. The van der Waals surface area contributed by atoms with Gasteiger partial charge in [0.15, 0.2) is 0 Å². The molecule has 0 saturated heterocycles. The van der Waals surface area contributed by atoms with Crippen molar-refractivity contribution in [3.63, 3.8) is 0 Å². The van der Waals surface area contributed by atoms with E-state index in [9.17, 15) is 0 Å². The van der Waals surface area contributed by atoms with Gasteiger partial charge in [-0.15, -0.1) is 11.3 Å². The maximum Gasteiger partial charge on any atom is 0.0468 e. The van der Waals surface area contributed by atoms with E-state index in [4.69, 9.17) is 0 Å². The lowest BCUT2D eigenvalue weighted by Gasteiger charge is -2.25. The average Bonchev–Trinajstić information content (AvgIpc) is 3.47. The molecule has 0 fully saturated rings. The summed E-state index contributed by atoms with van der Waals surface area (Å²) >= 11 is 1.84. The third-order valence-corrected chi connectivity index (χ3v) is 9.31. The summed E-state index contributed by atoms with van der Waals surface area (Å²) in [5.74, 6) is 0. The van der Waals surface area contributed by atoms with Crippen molar-refractivity contribution in [1.29, 1.82) is 0 Å². The van der Waals surface area contributed by atoms with Crippen molar-refractivity contribution in [1.82, 2.24) is 0 Å². The van der Waals surface area contributed by atoms with Crippen molar-refractivity contribution in [3.8, 4) is 22.3 Å². The number of hydrogen-bond acceptors (Lipinski definition) is 3. The molecule has 0 atom stereocenters. The van der Waals surface area contributed by atoms with Gasteiger partial charge in [-0.1, -0.05) is 103 Å². The van der Waals surface area contributed by atoms with Gasteiger partial charge in [0.05, 0.1) is 0 Å². The van der Waals surface area contributed by atoms with E-state index in [0.717, 1.165) is 28.4 Å². The van der Waals surface area contributed by atoms with Crippen LogP contribution in [-0.4, -0.2) is 0 Å². The van der Waals surface area contributed by atoms with Crippen molar-refractivity contribution >= 4 is 59.9 Å². The molecule has 0 aliphatic heterocycles. The molecule has 0 bridgehead atoms. The standard InChI is InChI=1S/C42H30N2S/c1-5-13-30(14-6-1)32-25-33(31-15-7-2-8-16-31)27-35(26-32)43-34-21-23-39-40-29-38(22-24-41(40)45-42(39)28-34)44(36-17-9-3-10-18-36)37-19-11-4-12-20-37/h1-29,43H. The van der Waals surface area contributed by atoms with Gasteiger partial charge in [-0.3, -0.25) is 0 Å². The first kappa shape index (κ1) is 26.9. The predicted molar refractivity (Wildman–Crippen MR) is 195 cm³/mol. The van der Waals surface area contributed by atoms with Crippen LogP contribution >= 0.6 is 11.3 Å². The van der Waals surface area contributed by atoms with Crippen molar-refractivity contribution < 1.29 is 0 Å². The second-order valence-electron chi connectivity index (χ2n) is 11.2. The second kappa shape index (κ2) is 11.8. The SMILES string of the molecule is c1ccc(-c2cc(Nc3ccc4c(c3)sc3ccc(N(c5ccccc5)c5ccccc5)cc34)cc(-c3ccccc3)c2)cc1. The highest BCUT2D eigenvalue weighted by atomic mass is 32.1. The molecular weight excluding hydrogens is 565 g/mol. The molecule has 0 aliphatic rings. The van der Waals surface area contributed by atoms with Crippen LogP contribution in [0.4, 0.5) is 28.4 Å². The van der Waals surface area contributed by atoms with Gasteiger partial charge in [0, 0.05) is 48.6 Å². The fourth-order valence-electron chi connectivity index (χ4n) is 6.04. The number of nitrogens with one attached hydrogen (secondary N) is 1. The molecule has 1 N–H and O–H groups in total. The lowest BCUT2D eigenvalue weighted by molar-refractivity contribution is 1.29. The van der Waals surface area contributed by atoms with E-state index < -0.39 is 0 Å². The third kappa shape index (κ3) is 5.46. The Balaban J connectivity index is 1.17. The zero-order valence-electron chi connectivity index (χ0n) is 24.6. The van der Waals surface area contributed by atoms with Crippen LogP contribution in [0.1, 0.15) is 0 Å². The first-order chi connectivity index (χ1) is 22.3. The lowest BCUT2D eigenvalue weighted by Crippen LogP contribution is -2.09. The van der Waals surface area contributed by atoms with E-state index in [-0.39, 0.29) is 0 Å². The summed E-state index contributed by atoms with van der Waals surface area (Å²) in [4.78, 5) is 2.32. The lowest BCUT2D eigenvalue weighted by atomic mass is 9.98. The minimum atomic E-state index is 1.07. The molecule has 0 spiro atoms. The van der Waals surface area contributed by atoms with Crippen LogP contribution in [0.15, 0.2) is 176 Å². The molecule has 0 amide bonds. The summed E-state index contributed by atoms with van der Waals surface area (Å²) in [6, 6.07) is 62.7. The monoisotopic (exact) mass is 594 g/mol. The minimum absolute atomic E-state index is 1.07. The van der Waals surface area contributed by atoms with Crippen molar-refractivity contribution in [3.05, 3.63) is 176 Å². The van der Waals surface area contributed by atoms with Gasteiger partial charge in [-0.05, 0) is 95.1 Å². The molecule has 8 rings (SSSR count). The van der Waals surface area contributed by atoms with Gasteiger partial charge in [-0.2, -0.15) is 0 Å². The Morgan fingerprint density at radius 1 is 0.356 bits per heavy atom. The van der Waals surface area contributed by atoms with Gasteiger partial charge >= 0.3 is 0 Å². The van der Waals surface area contributed by atoms with Gasteiger partial charge in [0.1, 0.15) is 0 Å². The van der Waals surface area contributed by atoms with Crippen LogP contribution in [0.5, 0.6) is 0 Å². The van der Waals surface area contributed by atoms with E-state index in [0.29, 0.717) is 0 Å². The molecule has 0 radical (unpaired) electrons. The Hall–Kier alpha value is -5.64. The van der Waals surface area contributed by atoms with Gasteiger partial charge in [-0.25, -0.2) is 0 Å². The van der Waals surface area contributed by atoms with Crippen LogP contribution in [0.25, 0.3) is 42.4 Å². The van der Waals surface area contributed by atoms with Crippen molar-refractivity contribution in [2.45, 2.75) is 0 Å². The number of para-hydroxylation sites is 2. The average molecular weight is 595 g/mol. The fourth-order valence-corrected chi connectivity index (χ4v) is 7.17. The molecule has 2 nitrogen and oxygen atoms in total. The number of anilines is 5. The predicted octanol–water partition coefficient (Wildman–Crippen LogP) is 12.6. The minimum Gasteiger partial charge on any atom is -0.355 e. The summed E-state index contributed by atoms with van der Waals surface area (Å²) < 4.78 is 2.55. The molecule has 1 heterocycles. The Morgan fingerprint density at radius 2 is 0.911 bits per heavy atom. The first-order valence-corrected chi connectivity index (χ1v) is 16.0. The Labute approximate surface area is 267 Å². The van der Waals surface area contributed by atoms with E-state index in [2.05, 4.69) is 186 Å². The third-order valence-electron chi connectivity index (χ3n) is 8.18. The molecule has 0 unspecified atom stereocenters. The highest BCUT2D eigenvalue weighted by molar-refractivity contribution is 7.25.